The minimum absolute atomic E-state index is 0.165. The Hall–Kier alpha value is -2.57. The predicted molar refractivity (Wildman–Crippen MR) is 101 cm³/mol. The molecule has 0 saturated carbocycles. The molecule has 3 heterocycles. The number of furan rings is 1. The molecule has 1 atom stereocenters. The number of nitrogens with zero attached hydrogens (tertiary/aromatic N) is 3. The number of hydrogen-bond acceptors (Lipinski definition) is 4. The average Bonchev–Trinajstić information content (AvgIpc) is 3.24. The standard InChI is InChI=1S/C20H20ClN3O3/c1-13(25)17-11-14-12-23(9-4-10-24(14)22-17)20(26)19-8-7-18(27-19)15-5-2-3-6-16(15)21/h2-3,5-8,11,13,25H,4,9-10,12H2,1H3/t13-/m1/s1. The fourth-order valence-corrected chi connectivity index (χ4v) is 3.51. The largest absolute Gasteiger partial charge is 0.451 e. The number of carbonyl (C=O) groups is 1. The van der Waals surface area contributed by atoms with E-state index in [9.17, 15) is 9.90 Å². The summed E-state index contributed by atoms with van der Waals surface area (Å²) in [6.07, 6.45) is 0.161. The fourth-order valence-electron chi connectivity index (χ4n) is 3.28. The van der Waals surface area contributed by atoms with Gasteiger partial charge in [-0.25, -0.2) is 0 Å². The Morgan fingerprint density at radius 1 is 1.26 bits per heavy atom. The van der Waals surface area contributed by atoms with E-state index in [0.29, 0.717) is 29.6 Å². The number of rotatable bonds is 3. The first kappa shape index (κ1) is 17.8. The van der Waals surface area contributed by atoms with Crippen LogP contribution < -0.4 is 0 Å². The highest BCUT2D eigenvalue weighted by atomic mass is 35.5. The number of halogens is 1. The van der Waals surface area contributed by atoms with Gasteiger partial charge < -0.3 is 14.4 Å². The molecular formula is C20H20ClN3O3. The minimum Gasteiger partial charge on any atom is -0.451 e. The quantitative estimate of drug-likeness (QED) is 0.742. The van der Waals surface area contributed by atoms with Crippen molar-refractivity contribution < 1.29 is 14.3 Å². The molecule has 1 amide bonds. The second-order valence-electron chi connectivity index (χ2n) is 6.68. The third-order valence-electron chi connectivity index (χ3n) is 4.70. The Bertz CT molecular complexity index is 977. The summed E-state index contributed by atoms with van der Waals surface area (Å²) in [6, 6.07) is 12.7. The van der Waals surface area contributed by atoms with Crippen molar-refractivity contribution in [3.8, 4) is 11.3 Å². The molecule has 0 fully saturated rings. The van der Waals surface area contributed by atoms with E-state index in [-0.39, 0.29) is 11.7 Å². The molecule has 140 valence electrons. The Labute approximate surface area is 162 Å². The van der Waals surface area contributed by atoms with Crippen LogP contribution >= 0.6 is 11.6 Å². The maximum absolute atomic E-state index is 13.0. The average molecular weight is 386 g/mol. The van der Waals surface area contributed by atoms with Gasteiger partial charge in [-0.1, -0.05) is 23.7 Å². The van der Waals surface area contributed by atoms with Crippen LogP contribution in [0.5, 0.6) is 0 Å². The second-order valence-corrected chi connectivity index (χ2v) is 7.09. The van der Waals surface area contributed by atoms with Crippen molar-refractivity contribution in [2.75, 3.05) is 6.54 Å². The van der Waals surface area contributed by atoms with E-state index in [2.05, 4.69) is 5.10 Å². The highest BCUT2D eigenvalue weighted by molar-refractivity contribution is 6.33. The molecule has 7 heteroatoms. The van der Waals surface area contributed by atoms with Crippen molar-refractivity contribution >= 4 is 17.5 Å². The van der Waals surface area contributed by atoms with Gasteiger partial charge in [0.25, 0.3) is 5.91 Å². The Kier molecular flexibility index (Phi) is 4.76. The van der Waals surface area contributed by atoms with E-state index in [0.717, 1.165) is 24.2 Å². The number of benzene rings is 1. The van der Waals surface area contributed by atoms with Crippen LogP contribution in [-0.2, 0) is 13.1 Å². The van der Waals surface area contributed by atoms with E-state index in [4.69, 9.17) is 16.0 Å². The summed E-state index contributed by atoms with van der Waals surface area (Å²) in [5, 5.41) is 14.7. The molecule has 6 nitrogen and oxygen atoms in total. The van der Waals surface area contributed by atoms with E-state index < -0.39 is 6.10 Å². The molecule has 0 unspecified atom stereocenters. The van der Waals surface area contributed by atoms with Gasteiger partial charge in [-0.3, -0.25) is 9.48 Å². The van der Waals surface area contributed by atoms with Crippen molar-refractivity contribution in [3.63, 3.8) is 0 Å². The zero-order valence-corrected chi connectivity index (χ0v) is 15.7. The number of hydrogen-bond donors (Lipinski definition) is 1. The SMILES string of the molecule is C[C@@H](O)c1cc2n(n1)CCCN(C(=O)c1ccc(-c3ccccc3Cl)o1)C2. The van der Waals surface area contributed by atoms with Crippen LogP contribution in [0.3, 0.4) is 0 Å². The van der Waals surface area contributed by atoms with Gasteiger partial charge in [0.1, 0.15) is 5.76 Å². The molecule has 3 aromatic rings. The summed E-state index contributed by atoms with van der Waals surface area (Å²) in [6.45, 7) is 3.45. The molecule has 0 radical (unpaired) electrons. The fraction of sp³-hybridized carbons (Fsp3) is 0.300. The summed E-state index contributed by atoms with van der Waals surface area (Å²) in [5.74, 6) is 0.690. The van der Waals surface area contributed by atoms with Crippen LogP contribution in [0, 0.1) is 0 Å². The summed E-state index contributed by atoms with van der Waals surface area (Å²) < 4.78 is 7.67. The van der Waals surface area contributed by atoms with Gasteiger partial charge in [0.15, 0.2) is 5.76 Å². The molecule has 4 rings (SSSR count). The molecule has 2 aromatic heterocycles. The Balaban J connectivity index is 1.57. The molecular weight excluding hydrogens is 366 g/mol. The molecule has 0 spiro atoms. The van der Waals surface area contributed by atoms with E-state index >= 15 is 0 Å². The van der Waals surface area contributed by atoms with Crippen LogP contribution in [-0.4, -0.2) is 32.2 Å². The first-order valence-corrected chi connectivity index (χ1v) is 9.29. The third-order valence-corrected chi connectivity index (χ3v) is 5.03. The van der Waals surface area contributed by atoms with Crippen molar-refractivity contribution in [2.24, 2.45) is 0 Å². The van der Waals surface area contributed by atoms with E-state index in [1.165, 1.54) is 0 Å². The number of aliphatic hydroxyl groups is 1. The van der Waals surface area contributed by atoms with Crippen LogP contribution in [0.25, 0.3) is 11.3 Å². The Morgan fingerprint density at radius 3 is 2.85 bits per heavy atom. The number of aliphatic hydroxyl groups excluding tert-OH is 1. The lowest BCUT2D eigenvalue weighted by atomic mass is 10.2. The zero-order chi connectivity index (χ0) is 19.0. The van der Waals surface area contributed by atoms with Gasteiger partial charge in [0, 0.05) is 18.7 Å². The molecule has 1 aliphatic rings. The smallest absolute Gasteiger partial charge is 0.289 e. The lowest BCUT2D eigenvalue weighted by Crippen LogP contribution is -2.30. The maximum atomic E-state index is 13.0. The molecule has 1 N–H and O–H groups in total. The lowest BCUT2D eigenvalue weighted by molar-refractivity contribution is 0.0714. The first-order valence-electron chi connectivity index (χ1n) is 8.91. The monoisotopic (exact) mass is 385 g/mol. The molecule has 1 aliphatic heterocycles. The first-order chi connectivity index (χ1) is 13.0. The molecule has 0 aliphatic carbocycles. The minimum atomic E-state index is -0.628. The van der Waals surface area contributed by atoms with Gasteiger partial charge >= 0.3 is 0 Å². The van der Waals surface area contributed by atoms with Gasteiger partial charge in [0.05, 0.1) is 29.1 Å². The normalized spacial score (nSPS) is 15.3. The highest BCUT2D eigenvalue weighted by Crippen LogP contribution is 2.29. The third kappa shape index (κ3) is 3.50. The number of aryl methyl sites for hydroxylation is 1. The molecule has 27 heavy (non-hydrogen) atoms. The molecule has 0 saturated heterocycles. The van der Waals surface area contributed by atoms with Crippen LogP contribution in [0.4, 0.5) is 0 Å². The summed E-state index contributed by atoms with van der Waals surface area (Å²) >= 11 is 6.22. The van der Waals surface area contributed by atoms with Crippen molar-refractivity contribution in [2.45, 2.75) is 32.5 Å². The van der Waals surface area contributed by atoms with Crippen LogP contribution in [0.2, 0.25) is 5.02 Å². The van der Waals surface area contributed by atoms with Gasteiger partial charge in [-0.15, -0.1) is 0 Å². The van der Waals surface area contributed by atoms with Crippen molar-refractivity contribution in [3.05, 3.63) is 64.6 Å². The lowest BCUT2D eigenvalue weighted by Gasteiger charge is -2.18. The summed E-state index contributed by atoms with van der Waals surface area (Å²) in [4.78, 5) is 14.7. The molecule has 1 aromatic carbocycles. The summed E-state index contributed by atoms with van der Waals surface area (Å²) in [5.41, 5.74) is 2.29. The number of aromatic nitrogens is 2. The Morgan fingerprint density at radius 2 is 2.07 bits per heavy atom. The van der Waals surface area contributed by atoms with Crippen LogP contribution in [0.1, 0.15) is 41.4 Å². The predicted octanol–water partition coefficient (Wildman–Crippen LogP) is 3.90. The van der Waals surface area contributed by atoms with Crippen molar-refractivity contribution in [1.82, 2.24) is 14.7 Å². The van der Waals surface area contributed by atoms with Gasteiger partial charge in [-0.05, 0) is 43.7 Å². The maximum Gasteiger partial charge on any atom is 0.289 e. The van der Waals surface area contributed by atoms with E-state index in [1.54, 1.807) is 30.0 Å². The van der Waals surface area contributed by atoms with Crippen LogP contribution in [0.15, 0.2) is 46.9 Å². The summed E-state index contributed by atoms with van der Waals surface area (Å²) in [7, 11) is 0. The molecule has 0 bridgehead atoms. The van der Waals surface area contributed by atoms with E-state index in [1.807, 2.05) is 28.9 Å². The van der Waals surface area contributed by atoms with Gasteiger partial charge in [-0.2, -0.15) is 5.10 Å². The van der Waals surface area contributed by atoms with Gasteiger partial charge in [0.2, 0.25) is 0 Å². The number of amides is 1. The van der Waals surface area contributed by atoms with Crippen molar-refractivity contribution in [1.29, 1.82) is 0 Å². The zero-order valence-electron chi connectivity index (χ0n) is 14.9. The number of fused-ring (bicyclic) bond motifs is 1. The highest BCUT2D eigenvalue weighted by Gasteiger charge is 2.24. The topological polar surface area (TPSA) is 71.5 Å². The number of carbonyl (C=O) groups excluding carboxylic acids is 1. The second kappa shape index (κ2) is 7.21.